The van der Waals surface area contributed by atoms with Crippen LogP contribution in [0, 0.1) is 5.41 Å². The maximum atomic E-state index is 12.6. The molecule has 0 unspecified atom stereocenters. The zero-order valence-electron chi connectivity index (χ0n) is 14.9. The Morgan fingerprint density at radius 3 is 2.60 bits per heavy atom. The molecule has 0 bridgehead atoms. The molecule has 9 heteroatoms. The van der Waals surface area contributed by atoms with Crippen molar-refractivity contribution < 1.29 is 13.2 Å². The van der Waals surface area contributed by atoms with Crippen LogP contribution in [-0.4, -0.2) is 85.4 Å². The van der Waals surface area contributed by atoms with Gasteiger partial charge >= 0.3 is 0 Å². The predicted molar refractivity (Wildman–Crippen MR) is 93.4 cm³/mol. The number of carbonyl (C=O) groups is 1. The zero-order chi connectivity index (χ0) is 18.1. The summed E-state index contributed by atoms with van der Waals surface area (Å²) in [7, 11) is 0.539. The number of carbonyl (C=O) groups excluding carboxylic acids is 1. The lowest BCUT2D eigenvalue weighted by molar-refractivity contribution is -0.138. The van der Waals surface area contributed by atoms with Crippen molar-refractivity contribution in [2.45, 2.75) is 30.6 Å². The first kappa shape index (κ1) is 18.3. The van der Waals surface area contributed by atoms with Crippen molar-refractivity contribution in [1.82, 2.24) is 24.3 Å². The third-order valence-corrected chi connectivity index (χ3v) is 7.32. The zero-order valence-corrected chi connectivity index (χ0v) is 15.8. The number of nitrogens with zero attached hydrogens (tertiary/aromatic N) is 4. The molecule has 0 atom stereocenters. The number of nitrogens with one attached hydrogen (secondary N) is 1. The monoisotopic (exact) mass is 369 g/mol. The van der Waals surface area contributed by atoms with E-state index >= 15 is 0 Å². The minimum absolute atomic E-state index is 0.0582. The lowest BCUT2D eigenvalue weighted by Gasteiger charge is -2.47. The first-order valence-electron chi connectivity index (χ1n) is 8.74. The van der Waals surface area contributed by atoms with E-state index in [0.717, 1.165) is 38.9 Å². The molecule has 2 fully saturated rings. The van der Waals surface area contributed by atoms with Crippen LogP contribution < -0.4 is 0 Å². The molecule has 25 heavy (non-hydrogen) atoms. The van der Waals surface area contributed by atoms with E-state index in [2.05, 4.69) is 15.1 Å². The number of amides is 1. The molecule has 2 saturated heterocycles. The maximum absolute atomic E-state index is 12.6. The van der Waals surface area contributed by atoms with Crippen LogP contribution in [0.25, 0.3) is 0 Å². The Balaban J connectivity index is 1.63. The quantitative estimate of drug-likeness (QED) is 0.810. The van der Waals surface area contributed by atoms with Crippen LogP contribution in [0.4, 0.5) is 0 Å². The van der Waals surface area contributed by atoms with Gasteiger partial charge in [-0.15, -0.1) is 0 Å². The Kier molecular flexibility index (Phi) is 5.17. The summed E-state index contributed by atoms with van der Waals surface area (Å²) in [6, 6.07) is 0. The van der Waals surface area contributed by atoms with E-state index in [1.807, 2.05) is 19.0 Å². The highest BCUT2D eigenvalue weighted by Gasteiger charge is 2.43. The van der Waals surface area contributed by atoms with Gasteiger partial charge in [-0.1, -0.05) is 0 Å². The largest absolute Gasteiger partial charge is 0.341 e. The standard InChI is InChI=1S/C16H27N5O3S/c1-19(2)9-10-20-13-16(4-3-15(20)22)5-7-21(8-6-16)25(23,24)14-11-17-18-12-14/h11-12H,3-10,13H2,1-2H3,(H,17,18). The highest BCUT2D eigenvalue weighted by Crippen LogP contribution is 2.41. The number of hydrogen-bond acceptors (Lipinski definition) is 5. The molecule has 1 aromatic heterocycles. The third kappa shape index (κ3) is 3.88. The highest BCUT2D eigenvalue weighted by atomic mass is 32.2. The first-order chi connectivity index (χ1) is 11.8. The number of piperidine rings is 2. The lowest BCUT2D eigenvalue weighted by Crippen LogP contribution is -2.53. The van der Waals surface area contributed by atoms with Crippen molar-refractivity contribution >= 4 is 15.9 Å². The fourth-order valence-corrected chi connectivity index (χ4v) is 5.11. The Hall–Kier alpha value is -1.45. The van der Waals surface area contributed by atoms with Crippen LogP contribution in [-0.2, 0) is 14.8 Å². The van der Waals surface area contributed by atoms with E-state index in [0.29, 0.717) is 19.5 Å². The average Bonchev–Trinajstić information content (AvgIpc) is 3.12. The molecule has 3 heterocycles. The van der Waals surface area contributed by atoms with Crippen LogP contribution in [0.5, 0.6) is 0 Å². The molecule has 1 N–H and O–H groups in total. The van der Waals surface area contributed by atoms with Gasteiger partial charge in [0.1, 0.15) is 4.90 Å². The molecule has 2 aliphatic rings. The normalized spacial score (nSPS) is 22.0. The van der Waals surface area contributed by atoms with E-state index < -0.39 is 10.0 Å². The lowest BCUT2D eigenvalue weighted by atomic mass is 9.72. The van der Waals surface area contributed by atoms with E-state index in [4.69, 9.17) is 0 Å². The Morgan fingerprint density at radius 2 is 2.00 bits per heavy atom. The van der Waals surface area contributed by atoms with E-state index in [9.17, 15) is 13.2 Å². The summed E-state index contributed by atoms with van der Waals surface area (Å²) >= 11 is 0. The van der Waals surface area contributed by atoms with Gasteiger partial charge in [0.15, 0.2) is 0 Å². The topological polar surface area (TPSA) is 89.6 Å². The number of hydrogen-bond donors (Lipinski definition) is 1. The van der Waals surface area contributed by atoms with Gasteiger partial charge in [0.2, 0.25) is 15.9 Å². The second kappa shape index (κ2) is 7.05. The van der Waals surface area contributed by atoms with Gasteiger partial charge in [0.05, 0.1) is 6.20 Å². The molecule has 1 spiro atoms. The van der Waals surface area contributed by atoms with Gasteiger partial charge in [0.25, 0.3) is 0 Å². The summed E-state index contributed by atoms with van der Waals surface area (Å²) in [6.07, 6.45) is 5.81. The maximum Gasteiger partial charge on any atom is 0.246 e. The molecule has 2 aliphatic heterocycles. The van der Waals surface area contributed by atoms with Gasteiger partial charge in [-0.05, 0) is 38.8 Å². The Bertz CT molecular complexity index is 693. The fourth-order valence-electron chi connectivity index (χ4n) is 3.76. The van der Waals surface area contributed by atoms with Crippen molar-refractivity contribution in [1.29, 1.82) is 0 Å². The smallest absolute Gasteiger partial charge is 0.246 e. The molecular weight excluding hydrogens is 342 g/mol. The number of H-pyrrole nitrogens is 1. The minimum atomic E-state index is -3.47. The molecule has 0 radical (unpaired) electrons. The second-order valence-electron chi connectivity index (χ2n) is 7.46. The van der Waals surface area contributed by atoms with E-state index in [1.54, 1.807) is 4.31 Å². The molecular formula is C16H27N5O3S. The van der Waals surface area contributed by atoms with Gasteiger partial charge in [-0.25, -0.2) is 8.42 Å². The van der Waals surface area contributed by atoms with Crippen LogP contribution in [0.1, 0.15) is 25.7 Å². The van der Waals surface area contributed by atoms with Crippen LogP contribution in [0.15, 0.2) is 17.3 Å². The van der Waals surface area contributed by atoms with Crippen molar-refractivity contribution in [2.24, 2.45) is 5.41 Å². The van der Waals surface area contributed by atoms with E-state index in [-0.39, 0.29) is 16.2 Å². The Labute approximate surface area is 149 Å². The number of aromatic amines is 1. The van der Waals surface area contributed by atoms with E-state index in [1.165, 1.54) is 12.4 Å². The van der Waals surface area contributed by atoms with Gasteiger partial charge in [-0.3, -0.25) is 9.89 Å². The van der Waals surface area contributed by atoms with Gasteiger partial charge in [0, 0.05) is 45.3 Å². The Morgan fingerprint density at radius 1 is 1.28 bits per heavy atom. The average molecular weight is 369 g/mol. The van der Waals surface area contributed by atoms with Gasteiger partial charge in [-0.2, -0.15) is 9.40 Å². The minimum Gasteiger partial charge on any atom is -0.341 e. The fraction of sp³-hybridized carbons (Fsp3) is 0.750. The molecule has 0 aliphatic carbocycles. The summed E-state index contributed by atoms with van der Waals surface area (Å²) in [6.45, 7) is 3.35. The number of likely N-dealkylation sites (tertiary alicyclic amines) is 1. The molecule has 0 saturated carbocycles. The molecule has 0 aromatic carbocycles. The number of aromatic nitrogens is 2. The van der Waals surface area contributed by atoms with Gasteiger partial charge < -0.3 is 9.80 Å². The van der Waals surface area contributed by atoms with Crippen LogP contribution >= 0.6 is 0 Å². The second-order valence-corrected chi connectivity index (χ2v) is 9.39. The number of rotatable bonds is 5. The number of sulfonamides is 1. The van der Waals surface area contributed by atoms with Crippen LogP contribution in [0.2, 0.25) is 0 Å². The van der Waals surface area contributed by atoms with Crippen molar-refractivity contribution in [3.8, 4) is 0 Å². The first-order valence-corrected chi connectivity index (χ1v) is 10.2. The third-order valence-electron chi connectivity index (χ3n) is 5.46. The summed E-state index contributed by atoms with van der Waals surface area (Å²) in [5.74, 6) is 0.223. The summed E-state index contributed by atoms with van der Waals surface area (Å²) in [4.78, 5) is 16.5. The molecule has 1 aromatic rings. The molecule has 8 nitrogen and oxygen atoms in total. The summed E-state index contributed by atoms with van der Waals surface area (Å²) in [5.41, 5.74) is 0.0582. The SMILES string of the molecule is CN(C)CCN1CC2(CCC1=O)CCN(S(=O)(=O)c1cn[nH]c1)CC2. The van der Waals surface area contributed by atoms with Crippen LogP contribution in [0.3, 0.4) is 0 Å². The summed E-state index contributed by atoms with van der Waals surface area (Å²) in [5, 5.41) is 6.30. The molecule has 140 valence electrons. The number of likely N-dealkylation sites (N-methyl/N-ethyl adjacent to an activating group) is 1. The predicted octanol–water partition coefficient (Wildman–Crippen LogP) is 0.365. The van der Waals surface area contributed by atoms with Crippen molar-refractivity contribution in [3.63, 3.8) is 0 Å². The highest BCUT2D eigenvalue weighted by molar-refractivity contribution is 7.89. The molecule has 3 rings (SSSR count). The molecule has 1 amide bonds. The summed E-state index contributed by atoms with van der Waals surface area (Å²) < 4.78 is 26.8. The van der Waals surface area contributed by atoms with Crippen molar-refractivity contribution in [2.75, 3.05) is 46.8 Å². The van der Waals surface area contributed by atoms with Crippen molar-refractivity contribution in [3.05, 3.63) is 12.4 Å².